The van der Waals surface area contributed by atoms with Gasteiger partial charge in [-0.1, -0.05) is 17.7 Å². The second-order valence-corrected chi connectivity index (χ2v) is 8.24. The van der Waals surface area contributed by atoms with Crippen LogP contribution in [0.4, 0.5) is 23.7 Å². The number of benzene rings is 1. The lowest BCUT2D eigenvalue weighted by atomic mass is 10.1. The number of aromatic nitrogens is 1. The van der Waals surface area contributed by atoms with E-state index in [9.17, 15) is 22.8 Å². The molecule has 0 spiro atoms. The third-order valence-corrected chi connectivity index (χ3v) is 5.77. The summed E-state index contributed by atoms with van der Waals surface area (Å²) in [6, 6.07) is 6.26. The molecule has 2 aromatic rings. The van der Waals surface area contributed by atoms with Crippen molar-refractivity contribution in [3.05, 3.63) is 58.4 Å². The van der Waals surface area contributed by atoms with Gasteiger partial charge >= 0.3 is 12.3 Å². The highest BCUT2D eigenvalue weighted by Gasteiger charge is 2.48. The van der Waals surface area contributed by atoms with Crippen molar-refractivity contribution in [3.63, 3.8) is 0 Å². The number of halogens is 4. The highest BCUT2D eigenvalue weighted by molar-refractivity contribution is 6.30. The van der Waals surface area contributed by atoms with Gasteiger partial charge in [0.05, 0.1) is 24.1 Å². The van der Waals surface area contributed by atoms with E-state index in [1.165, 1.54) is 23.9 Å². The van der Waals surface area contributed by atoms with Crippen LogP contribution in [0.3, 0.4) is 0 Å². The molecular weight excluding hydrogens is 449 g/mol. The zero-order chi connectivity index (χ0) is 23.0. The van der Waals surface area contributed by atoms with Crippen molar-refractivity contribution in [2.75, 3.05) is 18.9 Å². The number of nitrogens with one attached hydrogen (secondary N) is 2. The van der Waals surface area contributed by atoms with Gasteiger partial charge in [0.15, 0.2) is 12.1 Å². The molecule has 1 aromatic heterocycles. The normalized spacial score (nSPS) is 20.8. The zero-order valence-corrected chi connectivity index (χ0v) is 17.7. The quantitative estimate of drug-likeness (QED) is 0.702. The van der Waals surface area contributed by atoms with E-state index in [-0.39, 0.29) is 18.3 Å². The summed E-state index contributed by atoms with van der Waals surface area (Å²) in [5, 5.41) is 6.20. The summed E-state index contributed by atoms with van der Waals surface area (Å²) in [7, 11) is 1.02. The van der Waals surface area contributed by atoms with Crippen LogP contribution in [-0.2, 0) is 22.4 Å². The first-order valence-electron chi connectivity index (χ1n) is 9.89. The molecule has 0 saturated carbocycles. The molecule has 1 aromatic carbocycles. The predicted molar refractivity (Wildman–Crippen MR) is 110 cm³/mol. The van der Waals surface area contributed by atoms with Gasteiger partial charge in [0.1, 0.15) is 0 Å². The highest BCUT2D eigenvalue weighted by Crippen LogP contribution is 2.37. The van der Waals surface area contributed by atoms with E-state index in [1.807, 2.05) is 18.2 Å². The summed E-state index contributed by atoms with van der Waals surface area (Å²) >= 11 is 6.03. The van der Waals surface area contributed by atoms with Crippen LogP contribution in [-0.4, -0.2) is 53.8 Å². The Balaban J connectivity index is 1.47. The average Bonchev–Trinajstić information content (AvgIpc) is 3.33. The Hall–Kier alpha value is -3.01. The van der Waals surface area contributed by atoms with E-state index >= 15 is 0 Å². The first-order chi connectivity index (χ1) is 15.1. The van der Waals surface area contributed by atoms with Crippen molar-refractivity contribution in [1.29, 1.82) is 0 Å². The minimum atomic E-state index is -4.77. The molecular formula is C21H20ClF3N4O3. The number of nitrogens with zero attached hydrogens (tertiary/aromatic N) is 2. The number of cyclic esters (lactones) is 1. The minimum Gasteiger partial charge on any atom is -0.434 e. The Kier molecular flexibility index (Phi) is 5.89. The molecule has 0 bridgehead atoms. The van der Waals surface area contributed by atoms with Crippen LogP contribution in [0.25, 0.3) is 0 Å². The summed E-state index contributed by atoms with van der Waals surface area (Å²) < 4.78 is 46.1. The lowest BCUT2D eigenvalue weighted by molar-refractivity contribution is -0.192. The minimum absolute atomic E-state index is 0.0725. The number of carbonyl (C=O) groups is 2. The number of hydrogen-bond donors (Lipinski definition) is 2. The summed E-state index contributed by atoms with van der Waals surface area (Å²) in [5.41, 5.74) is 2.55. The molecule has 1 fully saturated rings. The second-order valence-electron chi connectivity index (χ2n) is 7.80. The number of pyridine rings is 1. The molecule has 2 unspecified atom stereocenters. The number of amides is 2. The van der Waals surface area contributed by atoms with E-state index in [4.69, 9.17) is 16.3 Å². The van der Waals surface area contributed by atoms with Gasteiger partial charge in [-0.25, -0.2) is 4.79 Å². The number of rotatable bonds is 5. The van der Waals surface area contributed by atoms with Crippen LogP contribution >= 0.6 is 11.6 Å². The van der Waals surface area contributed by atoms with Crippen molar-refractivity contribution < 1.29 is 27.5 Å². The van der Waals surface area contributed by atoms with E-state index in [0.29, 0.717) is 15.6 Å². The molecule has 3 atom stereocenters. The molecule has 170 valence electrons. The lowest BCUT2D eigenvalue weighted by Crippen LogP contribution is -2.45. The Morgan fingerprint density at radius 1 is 1.28 bits per heavy atom. The van der Waals surface area contributed by atoms with Gasteiger partial charge in [-0.15, -0.1) is 0 Å². The standard InChI is InChI=1S/C21H20ClF3N4O3/c1-29(19(30)17-10-27-20(31)32-17)18(21(23,24)25)16-5-4-14(9-26-16)28-15-7-11-2-3-13(22)6-12(11)8-15/h2-6,9,15,17-18,28H,7-8,10H2,1H3,(H,27,31)/t15?,17?,18-/m0/s1. The summed E-state index contributed by atoms with van der Waals surface area (Å²) in [5.74, 6) is -0.961. The number of hydrogen-bond acceptors (Lipinski definition) is 5. The number of likely N-dealkylation sites (N-methyl/N-ethyl adjacent to an activating group) is 1. The summed E-state index contributed by atoms with van der Waals surface area (Å²) in [4.78, 5) is 28.1. The molecule has 7 nitrogen and oxygen atoms in total. The van der Waals surface area contributed by atoms with Crippen molar-refractivity contribution >= 4 is 29.3 Å². The summed E-state index contributed by atoms with van der Waals surface area (Å²) in [6.45, 7) is -0.183. The van der Waals surface area contributed by atoms with Crippen molar-refractivity contribution in [3.8, 4) is 0 Å². The van der Waals surface area contributed by atoms with E-state index in [0.717, 1.165) is 25.5 Å². The maximum atomic E-state index is 13.8. The van der Waals surface area contributed by atoms with Gasteiger partial charge < -0.3 is 20.3 Å². The third kappa shape index (κ3) is 4.59. The van der Waals surface area contributed by atoms with Gasteiger partial charge in [0, 0.05) is 18.1 Å². The van der Waals surface area contributed by atoms with Crippen LogP contribution in [0, 0.1) is 0 Å². The summed E-state index contributed by atoms with van der Waals surface area (Å²) in [6.07, 6.45) is -4.09. The number of alkyl halides is 3. The lowest BCUT2D eigenvalue weighted by Gasteiger charge is -2.30. The third-order valence-electron chi connectivity index (χ3n) is 5.54. The molecule has 2 heterocycles. The number of anilines is 1. The van der Waals surface area contributed by atoms with Crippen LogP contribution in [0.2, 0.25) is 5.02 Å². The number of alkyl carbamates (subject to hydrolysis) is 1. The van der Waals surface area contributed by atoms with E-state index in [2.05, 4.69) is 15.6 Å². The largest absolute Gasteiger partial charge is 0.434 e. The van der Waals surface area contributed by atoms with Crippen LogP contribution in [0.15, 0.2) is 36.5 Å². The molecule has 2 N–H and O–H groups in total. The van der Waals surface area contributed by atoms with Crippen LogP contribution in [0.1, 0.15) is 22.9 Å². The molecule has 2 amide bonds. The topological polar surface area (TPSA) is 83.6 Å². The smallest absolute Gasteiger partial charge is 0.414 e. The first-order valence-corrected chi connectivity index (χ1v) is 10.3. The van der Waals surface area contributed by atoms with Crippen molar-refractivity contribution in [2.24, 2.45) is 0 Å². The fourth-order valence-corrected chi connectivity index (χ4v) is 4.24. The maximum absolute atomic E-state index is 13.8. The molecule has 1 aliphatic carbocycles. The molecule has 4 rings (SSSR count). The Morgan fingerprint density at radius 3 is 2.66 bits per heavy atom. The molecule has 1 aliphatic heterocycles. The van der Waals surface area contributed by atoms with Gasteiger partial charge in [0.2, 0.25) is 0 Å². The van der Waals surface area contributed by atoms with Gasteiger partial charge in [0.25, 0.3) is 5.91 Å². The number of fused-ring (bicyclic) bond motifs is 1. The Morgan fingerprint density at radius 2 is 2.03 bits per heavy atom. The predicted octanol–water partition coefficient (Wildman–Crippen LogP) is 3.48. The van der Waals surface area contributed by atoms with Gasteiger partial charge in [-0.2, -0.15) is 13.2 Å². The van der Waals surface area contributed by atoms with Gasteiger partial charge in [-0.05, 0) is 48.2 Å². The fourth-order valence-electron chi connectivity index (χ4n) is 4.04. The zero-order valence-electron chi connectivity index (χ0n) is 16.9. The van der Waals surface area contributed by atoms with E-state index < -0.39 is 30.3 Å². The van der Waals surface area contributed by atoms with Crippen LogP contribution < -0.4 is 10.6 Å². The van der Waals surface area contributed by atoms with Crippen molar-refractivity contribution in [2.45, 2.75) is 37.2 Å². The SMILES string of the molecule is CN(C(=O)C1CNC(=O)O1)[C@@H](c1ccc(NC2Cc3ccc(Cl)cc3C2)cn1)C(F)(F)F. The Labute approximate surface area is 186 Å². The number of ether oxygens (including phenoxy) is 1. The van der Waals surface area contributed by atoms with Crippen LogP contribution in [0.5, 0.6) is 0 Å². The average molecular weight is 469 g/mol. The van der Waals surface area contributed by atoms with Crippen molar-refractivity contribution in [1.82, 2.24) is 15.2 Å². The number of carbonyl (C=O) groups excluding carboxylic acids is 2. The maximum Gasteiger partial charge on any atom is 0.414 e. The molecule has 2 aliphatic rings. The second kappa shape index (κ2) is 8.50. The molecule has 1 saturated heterocycles. The van der Waals surface area contributed by atoms with E-state index in [1.54, 1.807) is 0 Å². The highest BCUT2D eigenvalue weighted by atomic mass is 35.5. The molecule has 32 heavy (non-hydrogen) atoms. The monoisotopic (exact) mass is 468 g/mol. The molecule has 0 radical (unpaired) electrons. The fraction of sp³-hybridized carbons (Fsp3) is 0.381. The molecule has 11 heteroatoms. The Bertz CT molecular complexity index is 1030. The first kappa shape index (κ1) is 22.2. The van der Waals surface area contributed by atoms with Gasteiger partial charge in [-0.3, -0.25) is 9.78 Å².